The average Bonchev–Trinajstić information content (AvgIpc) is 2.87. The van der Waals surface area contributed by atoms with Crippen molar-refractivity contribution in [3.8, 4) is 0 Å². The molecule has 0 amide bonds. The summed E-state index contributed by atoms with van der Waals surface area (Å²) in [5, 5.41) is 21.5. The summed E-state index contributed by atoms with van der Waals surface area (Å²) in [6.45, 7) is 2.70. The number of rotatable bonds is 6. The number of halogens is 2. The Bertz CT molecular complexity index is 580. The van der Waals surface area contributed by atoms with Gasteiger partial charge in [0, 0.05) is 17.9 Å². The van der Waals surface area contributed by atoms with E-state index in [1.807, 2.05) is 6.92 Å². The van der Waals surface area contributed by atoms with Crippen molar-refractivity contribution >= 4 is 28.2 Å². The maximum Gasteiger partial charge on any atom is 0.206 e. The lowest BCUT2D eigenvalue weighted by atomic mass is 10.1. The van der Waals surface area contributed by atoms with Crippen molar-refractivity contribution in [2.75, 3.05) is 17.6 Å². The molecule has 0 aliphatic rings. The number of hydrogen-bond acceptors (Lipinski definition) is 6. The van der Waals surface area contributed by atoms with Crippen molar-refractivity contribution in [3.63, 3.8) is 0 Å². The quantitative estimate of drug-likeness (QED) is 0.802. The van der Waals surface area contributed by atoms with Gasteiger partial charge in [-0.05, 0) is 25.1 Å². The van der Waals surface area contributed by atoms with Crippen LogP contribution in [0.25, 0.3) is 0 Å². The van der Waals surface area contributed by atoms with Crippen LogP contribution in [0.4, 0.5) is 13.9 Å². The van der Waals surface area contributed by atoms with Crippen LogP contribution in [-0.2, 0) is 0 Å². The molecule has 2 rings (SSSR count). The van der Waals surface area contributed by atoms with E-state index in [1.165, 1.54) is 23.1 Å². The van der Waals surface area contributed by atoms with Gasteiger partial charge in [0.15, 0.2) is 4.34 Å². The zero-order valence-corrected chi connectivity index (χ0v) is 12.3. The number of nitrogens with one attached hydrogen (secondary N) is 1. The second-order valence-electron chi connectivity index (χ2n) is 3.90. The number of hydrogen-bond donors (Lipinski definition) is 2. The first-order valence-corrected chi connectivity index (χ1v) is 7.73. The Kier molecular flexibility index (Phi) is 5.27. The third-order valence-corrected chi connectivity index (χ3v) is 4.51. The monoisotopic (exact) mass is 317 g/mol. The Hall–Kier alpha value is -1.25. The lowest BCUT2D eigenvalue weighted by Crippen LogP contribution is -2.04. The number of anilines is 1. The topological polar surface area (TPSA) is 58.0 Å². The molecule has 0 saturated carbocycles. The first-order chi connectivity index (χ1) is 9.60. The van der Waals surface area contributed by atoms with E-state index in [-0.39, 0.29) is 11.3 Å². The van der Waals surface area contributed by atoms with Crippen LogP contribution in [0.5, 0.6) is 0 Å². The minimum atomic E-state index is -1.10. The molecule has 0 bridgehead atoms. The summed E-state index contributed by atoms with van der Waals surface area (Å²) in [4.78, 5) is 0. The van der Waals surface area contributed by atoms with E-state index < -0.39 is 17.7 Å². The zero-order valence-electron chi connectivity index (χ0n) is 10.6. The van der Waals surface area contributed by atoms with Crippen LogP contribution in [0.3, 0.4) is 0 Å². The van der Waals surface area contributed by atoms with E-state index in [1.54, 1.807) is 0 Å². The van der Waals surface area contributed by atoms with Crippen LogP contribution in [0, 0.1) is 11.6 Å². The fraction of sp³-hybridized carbons (Fsp3) is 0.333. The predicted octanol–water partition coefficient (Wildman–Crippen LogP) is 3.07. The van der Waals surface area contributed by atoms with Gasteiger partial charge < -0.3 is 10.4 Å². The van der Waals surface area contributed by atoms with Crippen molar-refractivity contribution in [1.29, 1.82) is 0 Å². The summed E-state index contributed by atoms with van der Waals surface area (Å²) in [6, 6.07) is 3.03. The molecule has 1 heterocycles. The number of aliphatic hydroxyl groups is 1. The highest BCUT2D eigenvalue weighted by Gasteiger charge is 2.15. The molecule has 0 fully saturated rings. The molecule has 0 saturated heterocycles. The average molecular weight is 317 g/mol. The van der Waals surface area contributed by atoms with Crippen LogP contribution >= 0.6 is 23.1 Å². The molecule has 108 valence electrons. The zero-order chi connectivity index (χ0) is 14.5. The molecular weight excluding hydrogens is 304 g/mol. The molecule has 0 aliphatic carbocycles. The SMILES string of the molecule is CCNc1nnc(SCC(O)c2cc(F)ccc2F)s1. The fourth-order valence-corrected chi connectivity index (χ4v) is 3.30. The van der Waals surface area contributed by atoms with E-state index in [9.17, 15) is 13.9 Å². The van der Waals surface area contributed by atoms with Gasteiger partial charge in [-0.3, -0.25) is 0 Å². The van der Waals surface area contributed by atoms with Crippen molar-refractivity contribution in [2.45, 2.75) is 17.4 Å². The molecule has 1 unspecified atom stereocenters. The van der Waals surface area contributed by atoms with Gasteiger partial charge in [0.25, 0.3) is 0 Å². The highest BCUT2D eigenvalue weighted by molar-refractivity contribution is 8.01. The summed E-state index contributed by atoms with van der Waals surface area (Å²) >= 11 is 2.60. The summed E-state index contributed by atoms with van der Waals surface area (Å²) < 4.78 is 27.2. The van der Waals surface area contributed by atoms with Crippen LogP contribution in [-0.4, -0.2) is 27.6 Å². The number of thioether (sulfide) groups is 1. The Morgan fingerprint density at radius 2 is 2.20 bits per heavy atom. The number of benzene rings is 1. The smallest absolute Gasteiger partial charge is 0.206 e. The number of aliphatic hydroxyl groups excluding tert-OH is 1. The molecule has 0 aliphatic heterocycles. The van der Waals surface area contributed by atoms with E-state index in [0.717, 1.165) is 24.7 Å². The lowest BCUT2D eigenvalue weighted by molar-refractivity contribution is 0.198. The Morgan fingerprint density at radius 3 is 2.95 bits per heavy atom. The molecule has 2 N–H and O–H groups in total. The molecule has 8 heteroatoms. The third-order valence-electron chi connectivity index (χ3n) is 2.42. The van der Waals surface area contributed by atoms with E-state index in [0.29, 0.717) is 9.47 Å². The van der Waals surface area contributed by atoms with E-state index in [4.69, 9.17) is 0 Å². The fourth-order valence-electron chi connectivity index (χ4n) is 1.50. The maximum absolute atomic E-state index is 13.5. The minimum Gasteiger partial charge on any atom is -0.387 e. The van der Waals surface area contributed by atoms with Gasteiger partial charge in [-0.2, -0.15) is 0 Å². The second-order valence-corrected chi connectivity index (χ2v) is 6.14. The van der Waals surface area contributed by atoms with Crippen molar-refractivity contribution < 1.29 is 13.9 Å². The largest absolute Gasteiger partial charge is 0.387 e. The molecule has 1 atom stereocenters. The van der Waals surface area contributed by atoms with Crippen molar-refractivity contribution in [2.24, 2.45) is 0 Å². The van der Waals surface area contributed by atoms with Crippen molar-refractivity contribution in [3.05, 3.63) is 35.4 Å². The van der Waals surface area contributed by atoms with E-state index in [2.05, 4.69) is 15.5 Å². The first kappa shape index (κ1) is 15.1. The van der Waals surface area contributed by atoms with Crippen LogP contribution in [0.1, 0.15) is 18.6 Å². The van der Waals surface area contributed by atoms with Gasteiger partial charge in [-0.25, -0.2) is 8.78 Å². The molecule has 0 radical (unpaired) electrons. The predicted molar refractivity (Wildman–Crippen MR) is 76.1 cm³/mol. The molecular formula is C12H13F2N3OS2. The first-order valence-electron chi connectivity index (χ1n) is 5.93. The summed E-state index contributed by atoms with van der Waals surface area (Å²) in [5.74, 6) is -1.01. The Morgan fingerprint density at radius 1 is 1.40 bits per heavy atom. The molecule has 2 aromatic rings. The third kappa shape index (κ3) is 3.87. The Labute approximate surface area is 123 Å². The van der Waals surface area contributed by atoms with E-state index >= 15 is 0 Å². The molecule has 0 spiro atoms. The van der Waals surface area contributed by atoms with Gasteiger partial charge in [0.1, 0.15) is 11.6 Å². The summed E-state index contributed by atoms with van der Waals surface area (Å²) in [7, 11) is 0. The van der Waals surface area contributed by atoms with Gasteiger partial charge in [-0.15, -0.1) is 10.2 Å². The summed E-state index contributed by atoms with van der Waals surface area (Å²) in [6.07, 6.45) is -1.10. The molecule has 1 aromatic carbocycles. The van der Waals surface area contributed by atoms with Gasteiger partial charge in [0.2, 0.25) is 5.13 Å². The van der Waals surface area contributed by atoms with Gasteiger partial charge in [0.05, 0.1) is 6.10 Å². The van der Waals surface area contributed by atoms with Crippen molar-refractivity contribution in [1.82, 2.24) is 10.2 Å². The minimum absolute atomic E-state index is 0.0473. The summed E-state index contributed by atoms with van der Waals surface area (Å²) in [5.41, 5.74) is -0.0473. The van der Waals surface area contributed by atoms with Crippen LogP contribution in [0.2, 0.25) is 0 Å². The lowest BCUT2D eigenvalue weighted by Gasteiger charge is -2.10. The maximum atomic E-state index is 13.5. The van der Waals surface area contributed by atoms with Crippen LogP contribution in [0.15, 0.2) is 22.5 Å². The second kappa shape index (κ2) is 6.96. The standard InChI is InChI=1S/C12H13F2N3OS2/c1-2-15-11-16-17-12(20-11)19-6-10(18)8-5-7(13)3-4-9(8)14/h3-5,10,18H,2,6H2,1H3,(H,15,16). The van der Waals surface area contributed by atoms with Gasteiger partial charge in [-0.1, -0.05) is 23.1 Å². The highest BCUT2D eigenvalue weighted by Crippen LogP contribution is 2.30. The highest BCUT2D eigenvalue weighted by atomic mass is 32.2. The molecule has 1 aromatic heterocycles. The number of aromatic nitrogens is 2. The molecule has 20 heavy (non-hydrogen) atoms. The normalized spacial score (nSPS) is 12.4. The number of nitrogens with zero attached hydrogens (tertiary/aromatic N) is 2. The molecule has 4 nitrogen and oxygen atoms in total. The van der Waals surface area contributed by atoms with Gasteiger partial charge >= 0.3 is 0 Å². The van der Waals surface area contributed by atoms with Crippen LogP contribution < -0.4 is 5.32 Å². The Balaban J connectivity index is 1.97.